The summed E-state index contributed by atoms with van der Waals surface area (Å²) in [7, 11) is 1.26. The molecule has 2 aromatic carbocycles. The zero-order valence-corrected chi connectivity index (χ0v) is 13.6. The summed E-state index contributed by atoms with van der Waals surface area (Å²) in [5.41, 5.74) is 0.241. The predicted molar refractivity (Wildman–Crippen MR) is 88.6 cm³/mol. The molecule has 0 aromatic heterocycles. The molecule has 0 fully saturated rings. The van der Waals surface area contributed by atoms with E-state index in [1.165, 1.54) is 7.11 Å². The van der Waals surface area contributed by atoms with Crippen LogP contribution >= 0.6 is 12.6 Å². The van der Waals surface area contributed by atoms with Crippen molar-refractivity contribution >= 4 is 34.7 Å². The number of carbonyl (C=O) groups excluding carboxylic acids is 2. The maximum absolute atomic E-state index is 11.5. The Labute approximate surface area is 134 Å². The molecule has 0 atom stereocenters. The molecule has 0 amide bonds. The molecule has 0 aliphatic rings. The number of hydrogen-bond donors (Lipinski definition) is 1. The zero-order chi connectivity index (χ0) is 16.3. The van der Waals surface area contributed by atoms with E-state index < -0.39 is 11.6 Å². The van der Waals surface area contributed by atoms with Crippen molar-refractivity contribution in [3.63, 3.8) is 0 Å². The quantitative estimate of drug-likeness (QED) is 0.524. The van der Waals surface area contributed by atoms with E-state index in [2.05, 4.69) is 17.4 Å². The summed E-state index contributed by atoms with van der Waals surface area (Å²) >= 11 is 3.87. The lowest BCUT2D eigenvalue weighted by Gasteiger charge is -2.26. The summed E-state index contributed by atoms with van der Waals surface area (Å²) < 4.78 is 9.85. The first-order valence-corrected chi connectivity index (χ1v) is 7.29. The lowest BCUT2D eigenvalue weighted by atomic mass is 9.80. The Morgan fingerprint density at radius 3 is 2.27 bits per heavy atom. The normalized spacial score (nSPS) is 11.3. The van der Waals surface area contributed by atoms with E-state index >= 15 is 0 Å². The van der Waals surface area contributed by atoms with Crippen molar-refractivity contribution < 1.29 is 19.1 Å². The number of fused-ring (bicyclic) bond motifs is 1. The Morgan fingerprint density at radius 1 is 1.14 bits per heavy atom. The fourth-order valence-electron chi connectivity index (χ4n) is 2.44. The molecule has 0 unspecified atom stereocenters. The average Bonchev–Trinajstić information content (AvgIpc) is 2.45. The minimum Gasteiger partial charge on any atom is -0.437 e. The van der Waals surface area contributed by atoms with E-state index in [-0.39, 0.29) is 11.5 Å². The van der Waals surface area contributed by atoms with Crippen LogP contribution in [0, 0.1) is 0 Å². The molecule has 2 rings (SSSR count). The molecule has 0 aliphatic carbocycles. The van der Waals surface area contributed by atoms with Gasteiger partial charge in [0.15, 0.2) is 5.12 Å². The van der Waals surface area contributed by atoms with Crippen molar-refractivity contribution in [2.45, 2.75) is 25.7 Å². The molecule has 4 nitrogen and oxygen atoms in total. The molecule has 116 valence electrons. The largest absolute Gasteiger partial charge is 0.513 e. The van der Waals surface area contributed by atoms with E-state index in [0.717, 1.165) is 16.3 Å². The van der Waals surface area contributed by atoms with Crippen molar-refractivity contribution in [1.29, 1.82) is 0 Å². The minimum atomic E-state index is -0.787. The van der Waals surface area contributed by atoms with E-state index in [0.29, 0.717) is 5.75 Å². The van der Waals surface area contributed by atoms with Crippen LogP contribution < -0.4 is 4.74 Å². The number of ether oxygens (including phenoxy) is 2. The minimum absolute atomic E-state index is 0.220. The molecule has 22 heavy (non-hydrogen) atoms. The number of hydrogen-bond acceptors (Lipinski definition) is 4. The van der Waals surface area contributed by atoms with Crippen LogP contribution in [0.25, 0.3) is 10.8 Å². The Hall–Kier alpha value is -2.01. The molecule has 2 aromatic rings. The third-order valence-electron chi connectivity index (χ3n) is 3.53. The van der Waals surface area contributed by atoms with Crippen LogP contribution in [0.2, 0.25) is 0 Å². The highest BCUT2D eigenvalue weighted by Crippen LogP contribution is 2.38. The number of methoxy groups -OCH3 is 1. The smallest absolute Gasteiger partial charge is 0.437 e. The second-order valence-electron chi connectivity index (χ2n) is 5.71. The molecule has 0 spiro atoms. The number of carbonyl (C=O) groups is 2. The molecule has 0 N–H and O–H groups in total. The lowest BCUT2D eigenvalue weighted by molar-refractivity contribution is -0.111. The summed E-state index contributed by atoms with van der Waals surface area (Å²) in [6.07, 6.45) is -0.559. The second-order valence-corrected chi connectivity index (χ2v) is 6.20. The first-order chi connectivity index (χ1) is 10.3. The number of benzene rings is 2. The van der Waals surface area contributed by atoms with Crippen LogP contribution in [0.1, 0.15) is 25.8 Å². The van der Waals surface area contributed by atoms with Gasteiger partial charge >= 0.3 is 6.16 Å². The maximum Gasteiger partial charge on any atom is 0.513 e. The van der Waals surface area contributed by atoms with Gasteiger partial charge < -0.3 is 9.47 Å². The van der Waals surface area contributed by atoms with Gasteiger partial charge in [0.05, 0.1) is 7.11 Å². The maximum atomic E-state index is 11.5. The van der Waals surface area contributed by atoms with Crippen LogP contribution in [-0.2, 0) is 14.9 Å². The Morgan fingerprint density at radius 2 is 1.73 bits per heavy atom. The molecule has 0 radical (unpaired) electrons. The van der Waals surface area contributed by atoms with E-state index in [4.69, 9.17) is 4.74 Å². The first-order valence-electron chi connectivity index (χ1n) is 6.84. The average molecular weight is 318 g/mol. The van der Waals surface area contributed by atoms with Crippen LogP contribution in [0.5, 0.6) is 5.75 Å². The highest BCUT2D eigenvalue weighted by molar-refractivity contribution is 7.96. The van der Waals surface area contributed by atoms with Gasteiger partial charge in [0.25, 0.3) is 0 Å². The highest BCUT2D eigenvalue weighted by atomic mass is 32.1. The summed E-state index contributed by atoms with van der Waals surface area (Å²) in [6, 6.07) is 11.5. The lowest BCUT2D eigenvalue weighted by Crippen LogP contribution is -2.22. The van der Waals surface area contributed by atoms with Gasteiger partial charge in [0, 0.05) is 17.4 Å². The summed E-state index contributed by atoms with van der Waals surface area (Å²) in [6.45, 7) is 3.82. The Balaban J connectivity index is 2.59. The Kier molecular flexibility index (Phi) is 4.76. The van der Waals surface area contributed by atoms with Crippen LogP contribution in [0.3, 0.4) is 0 Å². The van der Waals surface area contributed by atoms with E-state index in [1.807, 2.05) is 44.2 Å². The monoisotopic (exact) mass is 318 g/mol. The van der Waals surface area contributed by atoms with Gasteiger partial charge in [-0.1, -0.05) is 38.1 Å². The van der Waals surface area contributed by atoms with Gasteiger partial charge in [-0.2, -0.15) is 0 Å². The molecule has 0 bridgehead atoms. The fraction of sp³-hybridized carbons (Fsp3) is 0.294. The van der Waals surface area contributed by atoms with E-state index in [9.17, 15) is 9.59 Å². The number of rotatable bonds is 4. The van der Waals surface area contributed by atoms with Gasteiger partial charge in [0.1, 0.15) is 5.75 Å². The highest BCUT2D eigenvalue weighted by Gasteiger charge is 2.28. The predicted octanol–water partition coefficient (Wildman–Crippen LogP) is 4.11. The standard InChI is InChI=1S/C17H18O4S/c1-17(2,10-15(18)22)13-8-11-6-4-5-7-12(11)9-14(13)21-16(19)20-3/h4-9H,10H2,1-3H3,(H,18,22). The summed E-state index contributed by atoms with van der Waals surface area (Å²) in [5.74, 6) is 0.394. The Bertz CT molecular complexity index is 722. The van der Waals surface area contributed by atoms with Crippen molar-refractivity contribution in [2.75, 3.05) is 7.11 Å². The number of thiol groups is 1. The topological polar surface area (TPSA) is 52.6 Å². The van der Waals surface area contributed by atoms with Gasteiger partial charge in [-0.05, 0) is 22.9 Å². The molecule has 0 saturated heterocycles. The van der Waals surface area contributed by atoms with Gasteiger partial charge in [0.2, 0.25) is 0 Å². The van der Waals surface area contributed by atoms with E-state index in [1.54, 1.807) is 6.07 Å². The molecule has 0 aliphatic heterocycles. The van der Waals surface area contributed by atoms with Crippen LogP contribution in [0.4, 0.5) is 4.79 Å². The second kappa shape index (κ2) is 6.40. The third kappa shape index (κ3) is 3.60. The molecular formula is C17H18O4S. The summed E-state index contributed by atoms with van der Waals surface area (Å²) in [4.78, 5) is 22.9. The molecule has 5 heteroatoms. The van der Waals surface area contributed by atoms with Crippen molar-refractivity contribution in [3.05, 3.63) is 42.0 Å². The van der Waals surface area contributed by atoms with Crippen LogP contribution in [0.15, 0.2) is 36.4 Å². The van der Waals surface area contributed by atoms with Gasteiger partial charge in [-0.15, -0.1) is 12.6 Å². The first kappa shape index (κ1) is 16.4. The SMILES string of the molecule is COC(=O)Oc1cc2ccccc2cc1C(C)(C)CC(=O)S. The fourth-order valence-corrected chi connectivity index (χ4v) is 2.83. The van der Waals surface area contributed by atoms with Gasteiger partial charge in [-0.3, -0.25) is 4.79 Å². The molecular weight excluding hydrogens is 300 g/mol. The zero-order valence-electron chi connectivity index (χ0n) is 12.8. The van der Waals surface area contributed by atoms with Crippen molar-refractivity contribution in [3.8, 4) is 5.75 Å². The molecule has 0 saturated carbocycles. The van der Waals surface area contributed by atoms with Crippen LogP contribution in [-0.4, -0.2) is 18.4 Å². The molecule has 0 heterocycles. The van der Waals surface area contributed by atoms with Gasteiger partial charge in [-0.25, -0.2) is 4.79 Å². The summed E-state index contributed by atoms with van der Waals surface area (Å²) in [5, 5.41) is 1.73. The van der Waals surface area contributed by atoms with Crippen molar-refractivity contribution in [1.82, 2.24) is 0 Å². The third-order valence-corrected chi connectivity index (χ3v) is 3.69. The van der Waals surface area contributed by atoms with Crippen molar-refractivity contribution in [2.24, 2.45) is 0 Å².